The third-order valence-corrected chi connectivity index (χ3v) is 5.17. The molecule has 5 nitrogen and oxygen atoms in total. The van der Waals surface area contributed by atoms with Crippen molar-refractivity contribution < 1.29 is 14.3 Å². The number of amidine groups is 1. The van der Waals surface area contributed by atoms with Gasteiger partial charge in [-0.2, -0.15) is 0 Å². The fraction of sp³-hybridized carbons (Fsp3) is 0.412. The van der Waals surface area contributed by atoms with Crippen LogP contribution >= 0.6 is 11.8 Å². The quantitative estimate of drug-likeness (QED) is 0.797. The van der Waals surface area contributed by atoms with Crippen molar-refractivity contribution in [1.29, 1.82) is 0 Å². The van der Waals surface area contributed by atoms with Gasteiger partial charge in [0.1, 0.15) is 5.75 Å². The molecule has 0 N–H and O–H groups in total. The van der Waals surface area contributed by atoms with E-state index in [2.05, 4.69) is 9.89 Å². The SMILES string of the molecule is COC(=O)C1=C(C)N=C2SCCCN2[C@@H]1c1ccccc1OC. The highest BCUT2D eigenvalue weighted by Crippen LogP contribution is 2.42. The number of fused-ring (bicyclic) bond motifs is 1. The standard InChI is InChI=1S/C17H20N2O3S/c1-11-14(16(20)22-3)15(12-7-4-5-8-13(12)21-2)19-9-6-10-23-17(19)18-11/h4-5,7-8,15H,6,9-10H2,1-3H3/t15-/m1/s1. The number of nitrogens with zero attached hydrogens (tertiary/aromatic N) is 2. The third-order valence-electron chi connectivity index (χ3n) is 4.10. The molecular formula is C17H20N2O3S. The molecule has 0 saturated carbocycles. The van der Waals surface area contributed by atoms with Crippen LogP contribution < -0.4 is 4.74 Å². The summed E-state index contributed by atoms with van der Waals surface area (Å²) in [6.07, 6.45) is 1.06. The number of hydrogen-bond acceptors (Lipinski definition) is 6. The third kappa shape index (κ3) is 2.83. The first-order chi connectivity index (χ1) is 11.2. The van der Waals surface area contributed by atoms with E-state index < -0.39 is 0 Å². The lowest BCUT2D eigenvalue weighted by Gasteiger charge is -2.40. The first-order valence-corrected chi connectivity index (χ1v) is 8.56. The second-order valence-electron chi connectivity index (χ2n) is 5.42. The molecule has 2 aliphatic heterocycles. The van der Waals surface area contributed by atoms with Gasteiger partial charge in [0.25, 0.3) is 0 Å². The maximum absolute atomic E-state index is 12.4. The Labute approximate surface area is 140 Å². The molecule has 0 bridgehead atoms. The summed E-state index contributed by atoms with van der Waals surface area (Å²) in [5, 5.41) is 0.970. The van der Waals surface area contributed by atoms with Crippen LogP contribution in [0.3, 0.4) is 0 Å². The zero-order chi connectivity index (χ0) is 16.4. The van der Waals surface area contributed by atoms with Crippen molar-refractivity contribution in [1.82, 2.24) is 4.90 Å². The maximum Gasteiger partial charge on any atom is 0.338 e. The van der Waals surface area contributed by atoms with Gasteiger partial charge in [0.05, 0.1) is 31.5 Å². The lowest BCUT2D eigenvalue weighted by Crippen LogP contribution is -2.42. The molecule has 3 rings (SSSR count). The van der Waals surface area contributed by atoms with Crippen molar-refractivity contribution in [2.75, 3.05) is 26.5 Å². The molecule has 0 unspecified atom stereocenters. The lowest BCUT2D eigenvalue weighted by atomic mass is 9.93. The first-order valence-electron chi connectivity index (χ1n) is 7.57. The van der Waals surface area contributed by atoms with Gasteiger partial charge < -0.3 is 14.4 Å². The summed E-state index contributed by atoms with van der Waals surface area (Å²) in [6.45, 7) is 2.73. The summed E-state index contributed by atoms with van der Waals surface area (Å²) in [4.78, 5) is 19.2. The molecule has 0 aromatic heterocycles. The Kier molecular flexibility index (Phi) is 4.61. The summed E-state index contributed by atoms with van der Waals surface area (Å²) in [7, 11) is 3.06. The van der Waals surface area contributed by atoms with Crippen LogP contribution in [0.15, 0.2) is 40.5 Å². The fourth-order valence-electron chi connectivity index (χ4n) is 3.06. The molecule has 1 fully saturated rings. The van der Waals surface area contributed by atoms with Crippen LogP contribution in [0.4, 0.5) is 0 Å². The van der Waals surface area contributed by atoms with Crippen LogP contribution in [-0.2, 0) is 9.53 Å². The van der Waals surface area contributed by atoms with E-state index >= 15 is 0 Å². The highest BCUT2D eigenvalue weighted by molar-refractivity contribution is 8.13. The number of carbonyl (C=O) groups excluding carboxylic acids is 1. The average molecular weight is 332 g/mol. The van der Waals surface area contributed by atoms with Crippen molar-refractivity contribution in [2.24, 2.45) is 4.99 Å². The normalized spacial score (nSPS) is 20.7. The number of methoxy groups -OCH3 is 2. The minimum Gasteiger partial charge on any atom is -0.496 e. The first kappa shape index (κ1) is 15.9. The molecule has 0 amide bonds. The van der Waals surface area contributed by atoms with Crippen molar-refractivity contribution in [3.8, 4) is 5.75 Å². The van der Waals surface area contributed by atoms with E-state index in [0.717, 1.165) is 35.2 Å². The van der Waals surface area contributed by atoms with E-state index in [-0.39, 0.29) is 12.0 Å². The Balaban J connectivity index is 2.16. The van der Waals surface area contributed by atoms with Crippen molar-refractivity contribution in [3.63, 3.8) is 0 Å². The van der Waals surface area contributed by atoms with Gasteiger partial charge in [-0.05, 0) is 19.4 Å². The van der Waals surface area contributed by atoms with Gasteiger partial charge in [0.15, 0.2) is 5.17 Å². The predicted molar refractivity (Wildman–Crippen MR) is 91.7 cm³/mol. The minimum atomic E-state index is -0.336. The number of thioether (sulfide) groups is 1. The maximum atomic E-state index is 12.4. The van der Waals surface area contributed by atoms with Crippen LogP contribution in [0.1, 0.15) is 24.9 Å². The Hall–Kier alpha value is -1.95. The molecule has 1 atom stereocenters. The average Bonchev–Trinajstić information content (AvgIpc) is 2.59. The fourth-order valence-corrected chi connectivity index (χ4v) is 4.08. The minimum absolute atomic E-state index is 0.223. The Morgan fingerprint density at radius 2 is 2.13 bits per heavy atom. The highest BCUT2D eigenvalue weighted by atomic mass is 32.2. The van der Waals surface area contributed by atoms with Crippen LogP contribution in [0.5, 0.6) is 5.75 Å². The van der Waals surface area contributed by atoms with E-state index in [0.29, 0.717) is 11.3 Å². The highest BCUT2D eigenvalue weighted by Gasteiger charge is 2.38. The lowest BCUT2D eigenvalue weighted by molar-refractivity contribution is -0.136. The zero-order valence-electron chi connectivity index (χ0n) is 13.5. The number of rotatable bonds is 3. The molecule has 0 spiro atoms. The Morgan fingerprint density at radius 1 is 1.35 bits per heavy atom. The summed E-state index contributed by atoms with van der Waals surface area (Å²) >= 11 is 1.73. The van der Waals surface area contributed by atoms with Crippen LogP contribution in [0.2, 0.25) is 0 Å². The number of aliphatic imine (C=N–C) groups is 1. The van der Waals surface area contributed by atoms with Crippen molar-refractivity contribution in [3.05, 3.63) is 41.1 Å². The molecule has 2 heterocycles. The number of para-hydroxylation sites is 1. The van der Waals surface area contributed by atoms with Crippen LogP contribution in [0, 0.1) is 0 Å². The number of allylic oxidation sites excluding steroid dienone is 1. The van der Waals surface area contributed by atoms with Gasteiger partial charge in [-0.15, -0.1) is 0 Å². The predicted octanol–water partition coefficient (Wildman–Crippen LogP) is 2.99. The molecule has 122 valence electrons. The van der Waals surface area contributed by atoms with Gasteiger partial charge in [-0.1, -0.05) is 30.0 Å². The molecule has 2 aliphatic rings. The molecule has 23 heavy (non-hydrogen) atoms. The van der Waals surface area contributed by atoms with E-state index in [1.807, 2.05) is 31.2 Å². The number of hydrogen-bond donors (Lipinski definition) is 0. The monoisotopic (exact) mass is 332 g/mol. The number of esters is 1. The van der Waals surface area contributed by atoms with Crippen LogP contribution in [-0.4, -0.2) is 42.6 Å². The van der Waals surface area contributed by atoms with E-state index in [4.69, 9.17) is 9.47 Å². The molecular weight excluding hydrogens is 312 g/mol. The Morgan fingerprint density at radius 3 is 2.87 bits per heavy atom. The van der Waals surface area contributed by atoms with E-state index in [1.165, 1.54) is 7.11 Å². The van der Waals surface area contributed by atoms with Crippen molar-refractivity contribution >= 4 is 22.9 Å². The second kappa shape index (κ2) is 6.66. The molecule has 6 heteroatoms. The van der Waals surface area contributed by atoms with Crippen molar-refractivity contribution in [2.45, 2.75) is 19.4 Å². The molecule has 0 aliphatic carbocycles. The molecule has 0 radical (unpaired) electrons. The smallest absolute Gasteiger partial charge is 0.338 e. The molecule has 1 aromatic carbocycles. The van der Waals surface area contributed by atoms with Gasteiger partial charge in [0.2, 0.25) is 0 Å². The summed E-state index contributed by atoms with van der Waals surface area (Å²) in [5.74, 6) is 1.48. The van der Waals surface area contributed by atoms with Crippen LogP contribution in [0.25, 0.3) is 0 Å². The molecule has 1 saturated heterocycles. The van der Waals surface area contributed by atoms with Gasteiger partial charge >= 0.3 is 5.97 Å². The topological polar surface area (TPSA) is 51.1 Å². The van der Waals surface area contributed by atoms with E-state index in [9.17, 15) is 4.79 Å². The number of benzene rings is 1. The summed E-state index contributed by atoms with van der Waals surface area (Å²) in [6, 6.07) is 7.59. The van der Waals surface area contributed by atoms with E-state index in [1.54, 1.807) is 18.9 Å². The van der Waals surface area contributed by atoms with Gasteiger partial charge in [-0.3, -0.25) is 0 Å². The Bertz CT molecular complexity index is 684. The summed E-state index contributed by atoms with van der Waals surface area (Å²) < 4.78 is 10.6. The zero-order valence-corrected chi connectivity index (χ0v) is 14.4. The summed E-state index contributed by atoms with van der Waals surface area (Å²) in [5.41, 5.74) is 2.27. The van der Waals surface area contributed by atoms with Gasteiger partial charge in [-0.25, -0.2) is 9.79 Å². The number of ether oxygens (including phenoxy) is 2. The van der Waals surface area contributed by atoms with Gasteiger partial charge in [0, 0.05) is 17.9 Å². The largest absolute Gasteiger partial charge is 0.496 e. The number of carbonyl (C=O) groups is 1. The second-order valence-corrected chi connectivity index (χ2v) is 6.49. The molecule has 1 aromatic rings.